The van der Waals surface area contributed by atoms with Gasteiger partial charge in [-0.15, -0.1) is 0 Å². The fourth-order valence-corrected chi connectivity index (χ4v) is 2.20. The monoisotopic (exact) mass is 257 g/mol. The van der Waals surface area contributed by atoms with Gasteiger partial charge in [-0.3, -0.25) is 4.40 Å². The van der Waals surface area contributed by atoms with Crippen molar-refractivity contribution < 1.29 is 0 Å². The van der Waals surface area contributed by atoms with E-state index in [1.165, 1.54) is 0 Å². The fraction of sp³-hybridized carbons (Fsp3) is 0.0714. The lowest BCUT2D eigenvalue weighted by Gasteiger charge is -2.07. The highest BCUT2D eigenvalue weighted by Gasteiger charge is 2.08. The van der Waals surface area contributed by atoms with Crippen molar-refractivity contribution in [3.63, 3.8) is 0 Å². The largest absolute Gasteiger partial charge is 0.325 e. The van der Waals surface area contributed by atoms with E-state index in [1.54, 1.807) is 0 Å². The molecule has 0 aliphatic heterocycles. The van der Waals surface area contributed by atoms with Crippen molar-refractivity contribution >= 4 is 17.1 Å². The van der Waals surface area contributed by atoms with Crippen molar-refractivity contribution in [2.75, 3.05) is 0 Å². The Morgan fingerprint density at radius 2 is 1.89 bits per heavy atom. The average Bonchev–Trinajstić information content (AvgIpc) is 2.83. The minimum absolute atomic E-state index is 0.480. The first-order valence-electron chi connectivity index (χ1n) is 5.71. The van der Waals surface area contributed by atoms with E-state index in [2.05, 4.69) is 9.38 Å². The number of fused-ring (bicyclic) bond motifs is 1. The highest BCUT2D eigenvalue weighted by atomic mass is 35.5. The van der Waals surface area contributed by atoms with Crippen molar-refractivity contribution in [1.82, 2.24) is 9.38 Å². The molecule has 2 aromatic heterocycles. The Morgan fingerprint density at radius 1 is 1.11 bits per heavy atom. The molecule has 2 N–H and O–H groups in total. The summed E-state index contributed by atoms with van der Waals surface area (Å²) in [4.78, 5) is 4.47. The van der Waals surface area contributed by atoms with Crippen molar-refractivity contribution in [2.24, 2.45) is 5.73 Å². The molecule has 18 heavy (non-hydrogen) atoms. The number of imidazole rings is 1. The molecule has 3 aromatic rings. The predicted octanol–water partition coefficient (Wildman–Crippen LogP) is 3.11. The summed E-state index contributed by atoms with van der Waals surface area (Å²) < 4.78 is 2.07. The fourth-order valence-electron chi connectivity index (χ4n) is 2.08. The van der Waals surface area contributed by atoms with Crippen LogP contribution in [0.15, 0.2) is 48.7 Å². The Morgan fingerprint density at radius 3 is 2.61 bits per heavy atom. The second-order valence-corrected chi connectivity index (χ2v) is 4.51. The summed E-state index contributed by atoms with van der Waals surface area (Å²) in [5.41, 5.74) is 8.89. The molecule has 0 amide bonds. The Kier molecular flexibility index (Phi) is 2.78. The van der Waals surface area contributed by atoms with Gasteiger partial charge in [0.25, 0.3) is 0 Å². The Balaban J connectivity index is 2.26. The van der Waals surface area contributed by atoms with Gasteiger partial charge in [-0.05, 0) is 36.4 Å². The van der Waals surface area contributed by atoms with Crippen molar-refractivity contribution in [3.8, 4) is 11.4 Å². The molecule has 3 rings (SSSR count). The lowest BCUT2D eigenvalue weighted by molar-refractivity contribution is 0.946. The number of rotatable bonds is 2. The number of benzene rings is 1. The predicted molar refractivity (Wildman–Crippen MR) is 73.5 cm³/mol. The first kappa shape index (κ1) is 11.3. The maximum atomic E-state index is 5.90. The van der Waals surface area contributed by atoms with Gasteiger partial charge in [0.1, 0.15) is 5.82 Å². The molecule has 0 radical (unpaired) electrons. The number of hydrogen-bond donors (Lipinski definition) is 1. The Bertz CT molecular complexity index is 686. The maximum Gasteiger partial charge on any atom is 0.144 e. The first-order valence-corrected chi connectivity index (χ1v) is 6.09. The van der Waals surface area contributed by atoms with Crippen LogP contribution >= 0.6 is 11.6 Å². The molecule has 0 fully saturated rings. The summed E-state index contributed by atoms with van der Waals surface area (Å²) in [6.45, 7) is 0.480. The van der Waals surface area contributed by atoms with E-state index in [1.807, 2.05) is 48.7 Å². The maximum absolute atomic E-state index is 5.90. The van der Waals surface area contributed by atoms with Crippen LogP contribution in [0.2, 0.25) is 5.02 Å². The zero-order chi connectivity index (χ0) is 12.5. The van der Waals surface area contributed by atoms with Gasteiger partial charge in [0.05, 0.1) is 11.7 Å². The van der Waals surface area contributed by atoms with Crippen LogP contribution in [0.3, 0.4) is 0 Å². The lowest BCUT2D eigenvalue weighted by Crippen LogP contribution is -2.04. The van der Waals surface area contributed by atoms with Crippen molar-refractivity contribution in [2.45, 2.75) is 6.54 Å². The first-order chi connectivity index (χ1) is 8.79. The van der Waals surface area contributed by atoms with Gasteiger partial charge >= 0.3 is 0 Å². The van der Waals surface area contributed by atoms with Crippen molar-refractivity contribution in [1.29, 1.82) is 0 Å². The molecule has 3 nitrogen and oxygen atoms in total. The number of pyridine rings is 1. The molecule has 0 spiro atoms. The van der Waals surface area contributed by atoms with E-state index in [4.69, 9.17) is 17.3 Å². The molecule has 0 atom stereocenters. The van der Waals surface area contributed by atoms with Gasteiger partial charge in [-0.1, -0.05) is 17.7 Å². The second kappa shape index (κ2) is 4.44. The summed E-state index contributed by atoms with van der Waals surface area (Å²) >= 11 is 5.90. The highest BCUT2D eigenvalue weighted by Crippen LogP contribution is 2.23. The minimum Gasteiger partial charge on any atom is -0.325 e. The molecule has 1 aromatic carbocycles. The number of halogens is 1. The summed E-state index contributed by atoms with van der Waals surface area (Å²) in [6.07, 6.45) is 1.85. The van der Waals surface area contributed by atoms with Gasteiger partial charge in [-0.25, -0.2) is 4.98 Å². The van der Waals surface area contributed by atoms with E-state index in [0.717, 1.165) is 27.6 Å². The zero-order valence-corrected chi connectivity index (χ0v) is 10.4. The SMILES string of the molecule is NCc1cccc2cnc(-c3ccc(Cl)cc3)n12. The highest BCUT2D eigenvalue weighted by molar-refractivity contribution is 6.30. The number of nitrogens with two attached hydrogens (primary N) is 1. The number of nitrogens with zero attached hydrogens (tertiary/aromatic N) is 2. The molecule has 0 bridgehead atoms. The van der Waals surface area contributed by atoms with Gasteiger partial charge in [0.15, 0.2) is 0 Å². The smallest absolute Gasteiger partial charge is 0.144 e. The van der Waals surface area contributed by atoms with Crippen LogP contribution in [0.4, 0.5) is 0 Å². The molecule has 2 heterocycles. The summed E-state index contributed by atoms with van der Waals surface area (Å²) in [5.74, 6) is 0.891. The quantitative estimate of drug-likeness (QED) is 0.767. The molecular formula is C14H12ClN3. The molecular weight excluding hydrogens is 246 g/mol. The normalized spacial score (nSPS) is 11.0. The number of aromatic nitrogens is 2. The standard InChI is InChI=1S/C14H12ClN3/c15-11-6-4-10(5-7-11)14-17-9-13-3-1-2-12(8-16)18(13)14/h1-7,9H,8,16H2. The average molecular weight is 258 g/mol. The van der Waals surface area contributed by atoms with E-state index < -0.39 is 0 Å². The van der Waals surface area contributed by atoms with Crippen LogP contribution in [0.1, 0.15) is 5.69 Å². The Labute approximate surface area is 110 Å². The van der Waals surface area contributed by atoms with Crippen LogP contribution in [-0.4, -0.2) is 9.38 Å². The van der Waals surface area contributed by atoms with Crippen LogP contribution in [0.5, 0.6) is 0 Å². The summed E-state index contributed by atoms with van der Waals surface area (Å²) in [7, 11) is 0. The summed E-state index contributed by atoms with van der Waals surface area (Å²) in [6, 6.07) is 13.7. The third kappa shape index (κ3) is 1.78. The minimum atomic E-state index is 0.480. The molecule has 0 saturated carbocycles. The van der Waals surface area contributed by atoms with E-state index in [-0.39, 0.29) is 0 Å². The van der Waals surface area contributed by atoms with Crippen LogP contribution < -0.4 is 5.73 Å². The van der Waals surface area contributed by atoms with Gasteiger partial charge in [0.2, 0.25) is 0 Å². The van der Waals surface area contributed by atoms with Crippen LogP contribution in [0.25, 0.3) is 16.9 Å². The summed E-state index contributed by atoms with van der Waals surface area (Å²) in [5, 5.41) is 0.721. The third-order valence-corrected chi connectivity index (χ3v) is 3.20. The molecule has 0 aliphatic rings. The lowest BCUT2D eigenvalue weighted by atomic mass is 10.2. The molecule has 0 aliphatic carbocycles. The van der Waals surface area contributed by atoms with E-state index in [9.17, 15) is 0 Å². The topological polar surface area (TPSA) is 43.3 Å². The van der Waals surface area contributed by atoms with E-state index in [0.29, 0.717) is 6.54 Å². The van der Waals surface area contributed by atoms with Crippen LogP contribution in [0, 0.1) is 0 Å². The second-order valence-electron chi connectivity index (χ2n) is 4.07. The van der Waals surface area contributed by atoms with Gasteiger partial charge < -0.3 is 5.73 Å². The molecule has 0 saturated heterocycles. The van der Waals surface area contributed by atoms with Crippen LogP contribution in [-0.2, 0) is 6.54 Å². The van der Waals surface area contributed by atoms with E-state index >= 15 is 0 Å². The Hall–Kier alpha value is -1.84. The van der Waals surface area contributed by atoms with Gasteiger partial charge in [0, 0.05) is 22.8 Å². The number of hydrogen-bond acceptors (Lipinski definition) is 2. The van der Waals surface area contributed by atoms with Crippen molar-refractivity contribution in [3.05, 3.63) is 59.4 Å². The third-order valence-electron chi connectivity index (χ3n) is 2.94. The molecule has 0 unspecified atom stereocenters. The zero-order valence-electron chi connectivity index (χ0n) is 9.68. The molecule has 90 valence electrons. The van der Waals surface area contributed by atoms with Gasteiger partial charge in [-0.2, -0.15) is 0 Å². The molecule has 4 heteroatoms.